The summed E-state index contributed by atoms with van der Waals surface area (Å²) < 4.78 is 23.3. The van der Waals surface area contributed by atoms with Gasteiger partial charge in [-0.1, -0.05) is 42.6 Å². The fourth-order valence-electron chi connectivity index (χ4n) is 5.53. The van der Waals surface area contributed by atoms with Crippen molar-refractivity contribution in [1.82, 2.24) is 0 Å². The van der Waals surface area contributed by atoms with E-state index >= 15 is 0 Å². The Kier molecular flexibility index (Phi) is 9.71. The number of ether oxygens (including phenoxy) is 4. The third-order valence-electron chi connectivity index (χ3n) is 7.84. The average molecular weight is 551 g/mol. The molecule has 1 saturated carbocycles. The van der Waals surface area contributed by atoms with E-state index < -0.39 is 36.8 Å². The van der Waals surface area contributed by atoms with Gasteiger partial charge in [-0.2, -0.15) is 0 Å². The number of hydrogen-bond acceptors (Lipinski definition) is 8. The summed E-state index contributed by atoms with van der Waals surface area (Å²) >= 11 is 6.52. The van der Waals surface area contributed by atoms with Crippen molar-refractivity contribution in [3.05, 3.63) is 64.2 Å². The molecule has 2 aromatic rings. The van der Waals surface area contributed by atoms with Crippen LogP contribution < -0.4 is 4.74 Å². The lowest BCUT2D eigenvalue weighted by molar-refractivity contribution is -0.366. The summed E-state index contributed by atoms with van der Waals surface area (Å²) in [6.07, 6.45) is -0.626. The lowest BCUT2D eigenvalue weighted by Crippen LogP contribution is -2.64. The second kappa shape index (κ2) is 12.6. The van der Waals surface area contributed by atoms with Gasteiger partial charge in [-0.3, -0.25) is 0 Å². The van der Waals surface area contributed by atoms with E-state index in [1.807, 2.05) is 31.2 Å². The van der Waals surface area contributed by atoms with E-state index in [-0.39, 0.29) is 5.41 Å². The molecule has 9 heteroatoms. The maximum absolute atomic E-state index is 10.8. The maximum atomic E-state index is 10.8. The van der Waals surface area contributed by atoms with Crippen LogP contribution in [0.25, 0.3) is 0 Å². The fraction of sp³-hybridized carbons (Fsp3) is 0.586. The van der Waals surface area contributed by atoms with Crippen molar-refractivity contribution in [2.45, 2.75) is 69.2 Å². The van der Waals surface area contributed by atoms with Crippen molar-refractivity contribution in [2.75, 3.05) is 33.5 Å². The Labute approximate surface area is 229 Å². The molecule has 2 fully saturated rings. The van der Waals surface area contributed by atoms with E-state index in [1.165, 1.54) is 20.0 Å². The van der Waals surface area contributed by atoms with E-state index in [0.29, 0.717) is 30.2 Å². The van der Waals surface area contributed by atoms with E-state index in [9.17, 15) is 20.4 Å². The van der Waals surface area contributed by atoms with Crippen molar-refractivity contribution >= 4 is 11.6 Å². The summed E-state index contributed by atoms with van der Waals surface area (Å²) in [7, 11) is 1.33. The Morgan fingerprint density at radius 2 is 1.71 bits per heavy atom. The van der Waals surface area contributed by atoms with Crippen LogP contribution in [0.2, 0.25) is 5.02 Å². The van der Waals surface area contributed by atoms with Crippen molar-refractivity contribution in [3.63, 3.8) is 0 Å². The van der Waals surface area contributed by atoms with Gasteiger partial charge in [0.2, 0.25) is 5.79 Å². The number of methoxy groups -OCH3 is 1. The molecule has 4 rings (SSSR count). The average Bonchev–Trinajstić information content (AvgIpc) is 3.41. The van der Waals surface area contributed by atoms with Gasteiger partial charge in [-0.25, -0.2) is 0 Å². The standard InChI is InChI=1S/C29H39ClO8/c1-3-36-17-28(12-4-5-13-28)18-37-22-9-6-19(7-10-22)14-20-15-21(8-11-23(20)30)29(35-2)27(34)26(33)25(32)24(16-31)38-29/h6-11,15,24-27,31-34H,3-5,12-14,16-18H2,1-2H3/t24-,25-,26+,27-,29?/m1/s1. The summed E-state index contributed by atoms with van der Waals surface area (Å²) in [4.78, 5) is 0. The zero-order valence-corrected chi connectivity index (χ0v) is 22.8. The molecule has 0 amide bonds. The van der Waals surface area contributed by atoms with Gasteiger partial charge in [0.05, 0.1) is 19.8 Å². The van der Waals surface area contributed by atoms with E-state index in [1.54, 1.807) is 18.2 Å². The number of aliphatic hydroxyl groups is 4. The van der Waals surface area contributed by atoms with E-state index in [2.05, 4.69) is 0 Å². The van der Waals surface area contributed by atoms with Gasteiger partial charge in [0.25, 0.3) is 0 Å². The van der Waals surface area contributed by atoms with Crippen LogP contribution in [0.4, 0.5) is 0 Å². The second-order valence-corrected chi connectivity index (χ2v) is 10.8. The minimum absolute atomic E-state index is 0.0877. The molecule has 8 nitrogen and oxygen atoms in total. The highest BCUT2D eigenvalue weighted by Crippen LogP contribution is 2.41. The molecule has 4 N–H and O–H groups in total. The molecule has 0 bridgehead atoms. The largest absolute Gasteiger partial charge is 0.493 e. The highest BCUT2D eigenvalue weighted by Gasteiger charge is 2.55. The zero-order chi connectivity index (χ0) is 27.3. The van der Waals surface area contributed by atoms with Crippen LogP contribution >= 0.6 is 11.6 Å². The molecule has 0 radical (unpaired) electrons. The minimum atomic E-state index is -1.79. The summed E-state index contributed by atoms with van der Waals surface area (Å²) in [6, 6.07) is 12.9. The third kappa shape index (κ3) is 6.03. The van der Waals surface area contributed by atoms with E-state index in [4.69, 9.17) is 30.5 Å². The molecule has 1 unspecified atom stereocenters. The Morgan fingerprint density at radius 3 is 2.34 bits per heavy atom. The molecule has 0 spiro atoms. The van der Waals surface area contributed by atoms with Crippen LogP contribution in [0, 0.1) is 5.41 Å². The Hall–Kier alpha value is -1.75. The Bertz CT molecular complexity index is 1040. The lowest BCUT2D eigenvalue weighted by Gasteiger charge is -2.47. The second-order valence-electron chi connectivity index (χ2n) is 10.4. The fourth-order valence-corrected chi connectivity index (χ4v) is 5.71. The van der Waals surface area contributed by atoms with Gasteiger partial charge in [0.1, 0.15) is 30.2 Å². The van der Waals surface area contributed by atoms with Crippen molar-refractivity contribution in [3.8, 4) is 5.75 Å². The number of benzene rings is 2. The molecule has 210 valence electrons. The normalized spacial score (nSPS) is 28.9. The van der Waals surface area contributed by atoms with Crippen molar-refractivity contribution in [1.29, 1.82) is 0 Å². The summed E-state index contributed by atoms with van der Waals surface area (Å²) in [6.45, 7) is 3.53. The van der Waals surface area contributed by atoms with Gasteiger partial charge in [-0.15, -0.1) is 0 Å². The van der Waals surface area contributed by atoms with Gasteiger partial charge in [-0.05, 0) is 61.6 Å². The molecule has 1 heterocycles. The first-order chi connectivity index (χ1) is 18.3. The Balaban J connectivity index is 1.49. The number of rotatable bonds is 11. The quantitative estimate of drug-likeness (QED) is 0.337. The molecule has 1 aliphatic carbocycles. The number of hydrogen-bond donors (Lipinski definition) is 4. The monoisotopic (exact) mass is 550 g/mol. The highest BCUT2D eigenvalue weighted by atomic mass is 35.5. The highest BCUT2D eigenvalue weighted by molar-refractivity contribution is 6.31. The van der Waals surface area contributed by atoms with Gasteiger partial charge < -0.3 is 39.4 Å². The molecule has 2 aliphatic rings. The van der Waals surface area contributed by atoms with Crippen LogP contribution in [0.5, 0.6) is 5.75 Å². The third-order valence-corrected chi connectivity index (χ3v) is 8.21. The Morgan fingerprint density at radius 1 is 1.00 bits per heavy atom. The molecular weight excluding hydrogens is 512 g/mol. The molecular formula is C29H39ClO8. The number of halogens is 1. The van der Waals surface area contributed by atoms with Gasteiger partial charge in [0, 0.05) is 29.7 Å². The predicted molar refractivity (Wildman–Crippen MR) is 142 cm³/mol. The predicted octanol–water partition coefficient (Wildman–Crippen LogP) is 3.18. The maximum Gasteiger partial charge on any atom is 0.224 e. The first-order valence-electron chi connectivity index (χ1n) is 13.2. The van der Waals surface area contributed by atoms with Crippen LogP contribution in [-0.4, -0.2) is 78.4 Å². The molecule has 0 aromatic heterocycles. The topological polar surface area (TPSA) is 118 Å². The molecule has 38 heavy (non-hydrogen) atoms. The minimum Gasteiger partial charge on any atom is -0.493 e. The van der Waals surface area contributed by atoms with E-state index in [0.717, 1.165) is 36.3 Å². The zero-order valence-electron chi connectivity index (χ0n) is 22.0. The van der Waals surface area contributed by atoms with Crippen molar-refractivity contribution < 1.29 is 39.4 Å². The van der Waals surface area contributed by atoms with Gasteiger partial charge in [0.15, 0.2) is 0 Å². The SMILES string of the molecule is CCOCC1(COc2ccc(Cc3cc(C4(OC)O[C@H](CO)[C@@H](O)[C@H](O)[C@H]4O)ccc3Cl)cc2)CCCC1. The summed E-state index contributed by atoms with van der Waals surface area (Å²) in [5, 5.41) is 41.5. The first-order valence-corrected chi connectivity index (χ1v) is 13.6. The lowest BCUT2D eigenvalue weighted by atomic mass is 9.87. The summed E-state index contributed by atoms with van der Waals surface area (Å²) in [5.74, 6) is -0.989. The van der Waals surface area contributed by atoms with Crippen molar-refractivity contribution in [2.24, 2.45) is 5.41 Å². The smallest absolute Gasteiger partial charge is 0.224 e. The molecule has 1 saturated heterocycles. The summed E-state index contributed by atoms with van der Waals surface area (Å²) in [5.41, 5.74) is 2.26. The van der Waals surface area contributed by atoms with Crippen LogP contribution in [0.3, 0.4) is 0 Å². The molecule has 2 aromatic carbocycles. The van der Waals surface area contributed by atoms with Crippen LogP contribution in [0.1, 0.15) is 49.3 Å². The van der Waals surface area contributed by atoms with Gasteiger partial charge >= 0.3 is 0 Å². The van der Waals surface area contributed by atoms with Crippen LogP contribution in [-0.2, 0) is 26.4 Å². The molecule has 1 aliphatic heterocycles. The number of aliphatic hydroxyl groups excluding tert-OH is 4. The molecule has 5 atom stereocenters. The first kappa shape index (κ1) is 29.2. The van der Waals surface area contributed by atoms with Crippen LogP contribution in [0.15, 0.2) is 42.5 Å².